The quantitative estimate of drug-likeness (QED) is 0.0164. The minimum atomic E-state index is -0.785. The van der Waals surface area contributed by atoms with E-state index in [1.807, 2.05) is 87.5 Å². The van der Waals surface area contributed by atoms with Gasteiger partial charge < -0.3 is 38.5 Å². The average molecular weight is 955 g/mol. The summed E-state index contributed by atoms with van der Waals surface area (Å²) in [5.74, 6) is -0.467. The standard InChI is InChI=1S/C52H70N6O11/c1-8-38(3)50(56-48(60)14-11-24-58(51(62)69-52(4,5)6)47-34-37(2)21-22-54-47)45(59)35-41(36-49(61)63-7)39-15-17-40(18-16-39)42-19-20-46(44-13-10-9-12-43(42)44)68-33-32-67-31-30-66-29-28-65-27-26-64-25-23-55-57-53/h9-10,12-13,15-22,34,38,41,50H,8,11,14,23-33,35-36H2,1-7H3,(H,56,60)/t38-,41-,50-/m0/s1. The number of azide groups is 1. The van der Waals surface area contributed by atoms with Crippen LogP contribution in [0, 0.1) is 12.8 Å². The number of carbonyl (C=O) groups excluding carboxylic acids is 4. The first kappa shape index (κ1) is 55.5. The van der Waals surface area contributed by atoms with Crippen LogP contribution in [0.3, 0.4) is 0 Å². The van der Waals surface area contributed by atoms with Crippen LogP contribution in [0.2, 0.25) is 0 Å². The molecule has 4 rings (SSSR count). The second-order valence-corrected chi connectivity index (χ2v) is 17.5. The number of nitrogens with zero attached hydrogens (tertiary/aromatic N) is 5. The van der Waals surface area contributed by atoms with Gasteiger partial charge >= 0.3 is 12.1 Å². The molecule has 374 valence electrons. The number of anilines is 1. The highest BCUT2D eigenvalue weighted by Crippen LogP contribution is 2.36. The molecule has 0 saturated carbocycles. The monoisotopic (exact) mass is 955 g/mol. The zero-order valence-corrected chi connectivity index (χ0v) is 41.3. The Labute approximate surface area is 406 Å². The largest absolute Gasteiger partial charge is 0.491 e. The molecule has 2 amide bonds. The molecular weight excluding hydrogens is 885 g/mol. The first-order valence-electron chi connectivity index (χ1n) is 23.6. The maximum atomic E-state index is 14.2. The van der Waals surface area contributed by atoms with Gasteiger partial charge in [-0.1, -0.05) is 80.0 Å². The van der Waals surface area contributed by atoms with E-state index in [1.165, 1.54) is 12.0 Å². The molecule has 0 radical (unpaired) electrons. The Morgan fingerprint density at radius 2 is 1.46 bits per heavy atom. The number of amides is 2. The van der Waals surface area contributed by atoms with Gasteiger partial charge in [0.2, 0.25) is 5.91 Å². The van der Waals surface area contributed by atoms with Gasteiger partial charge in [0.25, 0.3) is 0 Å². The van der Waals surface area contributed by atoms with Gasteiger partial charge in [-0.2, -0.15) is 0 Å². The third-order valence-electron chi connectivity index (χ3n) is 11.1. The molecule has 3 aromatic carbocycles. The average Bonchev–Trinajstić information content (AvgIpc) is 3.33. The summed E-state index contributed by atoms with van der Waals surface area (Å²) in [6.07, 6.45) is 2.05. The van der Waals surface area contributed by atoms with E-state index in [2.05, 4.69) is 20.3 Å². The number of pyridine rings is 1. The summed E-state index contributed by atoms with van der Waals surface area (Å²) < 4.78 is 38.9. The van der Waals surface area contributed by atoms with Crippen molar-refractivity contribution in [3.8, 4) is 16.9 Å². The van der Waals surface area contributed by atoms with E-state index in [-0.39, 0.29) is 43.4 Å². The van der Waals surface area contributed by atoms with Crippen LogP contribution in [0.5, 0.6) is 5.75 Å². The Hall–Kier alpha value is -6.10. The van der Waals surface area contributed by atoms with Crippen LogP contribution in [0.25, 0.3) is 32.3 Å². The van der Waals surface area contributed by atoms with E-state index < -0.39 is 29.6 Å². The van der Waals surface area contributed by atoms with E-state index in [0.717, 1.165) is 38.8 Å². The van der Waals surface area contributed by atoms with Crippen LogP contribution in [-0.2, 0) is 42.8 Å². The summed E-state index contributed by atoms with van der Waals surface area (Å²) in [5, 5.41) is 8.32. The summed E-state index contributed by atoms with van der Waals surface area (Å²) >= 11 is 0. The smallest absolute Gasteiger partial charge is 0.416 e. The molecule has 3 atom stereocenters. The number of ether oxygens (including phenoxy) is 7. The van der Waals surface area contributed by atoms with Crippen LogP contribution >= 0.6 is 0 Å². The van der Waals surface area contributed by atoms with E-state index >= 15 is 0 Å². The van der Waals surface area contributed by atoms with E-state index in [1.54, 1.807) is 33.0 Å². The number of carbonyl (C=O) groups is 4. The molecule has 0 aliphatic rings. The molecule has 0 aliphatic carbocycles. The number of hydrogen-bond acceptors (Lipinski definition) is 13. The van der Waals surface area contributed by atoms with Gasteiger partial charge in [-0.05, 0) is 91.4 Å². The van der Waals surface area contributed by atoms with Gasteiger partial charge in [0.05, 0.1) is 72.4 Å². The fourth-order valence-electron chi connectivity index (χ4n) is 7.37. The van der Waals surface area contributed by atoms with Gasteiger partial charge in [-0.15, -0.1) is 0 Å². The fourth-order valence-corrected chi connectivity index (χ4v) is 7.37. The third-order valence-corrected chi connectivity index (χ3v) is 11.1. The van der Waals surface area contributed by atoms with Gasteiger partial charge in [-0.3, -0.25) is 19.3 Å². The molecule has 0 aliphatic heterocycles. The van der Waals surface area contributed by atoms with Crippen molar-refractivity contribution in [2.45, 2.75) is 91.2 Å². The van der Waals surface area contributed by atoms with Crippen molar-refractivity contribution in [2.75, 3.05) is 84.6 Å². The molecule has 4 aromatic rings. The Balaban J connectivity index is 1.34. The van der Waals surface area contributed by atoms with Crippen molar-refractivity contribution in [3.05, 3.63) is 101 Å². The summed E-state index contributed by atoms with van der Waals surface area (Å²) in [7, 11) is 1.33. The highest BCUT2D eigenvalue weighted by atomic mass is 16.6. The number of Topliss-reactive ketones (excluding diaryl/α,β-unsaturated/α-hetero) is 1. The second kappa shape index (κ2) is 29.7. The van der Waals surface area contributed by atoms with Gasteiger partial charge in [0, 0.05) is 48.3 Å². The summed E-state index contributed by atoms with van der Waals surface area (Å²) in [6.45, 7) is 15.3. The van der Waals surface area contributed by atoms with Crippen molar-refractivity contribution in [2.24, 2.45) is 11.0 Å². The molecule has 1 aromatic heterocycles. The number of nitrogens with one attached hydrogen (secondary N) is 1. The number of methoxy groups -OCH3 is 1. The fraction of sp³-hybridized carbons (Fsp3) is 0.519. The molecule has 17 heteroatoms. The van der Waals surface area contributed by atoms with Gasteiger partial charge in [0.1, 0.15) is 23.8 Å². The first-order chi connectivity index (χ1) is 33.2. The first-order valence-corrected chi connectivity index (χ1v) is 23.6. The minimum absolute atomic E-state index is 0.00986. The molecule has 0 saturated heterocycles. The second-order valence-electron chi connectivity index (χ2n) is 17.5. The third kappa shape index (κ3) is 19.4. The molecule has 17 nitrogen and oxygen atoms in total. The molecule has 1 heterocycles. The van der Waals surface area contributed by atoms with Crippen LogP contribution in [-0.4, -0.2) is 120 Å². The molecule has 1 N–H and O–H groups in total. The minimum Gasteiger partial charge on any atom is -0.491 e. The lowest BCUT2D eigenvalue weighted by atomic mass is 9.84. The van der Waals surface area contributed by atoms with Crippen molar-refractivity contribution in [3.63, 3.8) is 0 Å². The predicted molar refractivity (Wildman–Crippen MR) is 264 cm³/mol. The zero-order valence-electron chi connectivity index (χ0n) is 41.3. The number of fused-ring (bicyclic) bond motifs is 1. The SMILES string of the molecule is CC[C@H](C)[C@H](NC(=O)CCCN(C(=O)OC(C)(C)C)c1cc(C)ccn1)C(=O)C[C@@H](CC(=O)OC)c1ccc(-c2ccc(OCCOCCOCCOCCOCCN=[N+]=[N-])c3ccccc23)cc1. The number of ketones is 1. The molecule has 0 bridgehead atoms. The Bertz CT molecular complexity index is 2280. The molecule has 0 fully saturated rings. The maximum Gasteiger partial charge on any atom is 0.416 e. The summed E-state index contributed by atoms with van der Waals surface area (Å²) in [5.41, 5.74) is 11.2. The lowest BCUT2D eigenvalue weighted by molar-refractivity contribution is -0.141. The number of benzene rings is 3. The predicted octanol–water partition coefficient (Wildman–Crippen LogP) is 9.32. The van der Waals surface area contributed by atoms with Crippen molar-refractivity contribution in [1.29, 1.82) is 0 Å². The van der Waals surface area contributed by atoms with Gasteiger partial charge in [0.15, 0.2) is 5.78 Å². The highest BCUT2D eigenvalue weighted by Gasteiger charge is 2.30. The Morgan fingerprint density at radius 1 is 0.826 bits per heavy atom. The lowest BCUT2D eigenvalue weighted by Gasteiger charge is -2.27. The van der Waals surface area contributed by atoms with E-state index in [0.29, 0.717) is 84.7 Å². The molecule has 0 spiro atoms. The molecular formula is C52H70N6O11. The van der Waals surface area contributed by atoms with Crippen LogP contribution in [0.4, 0.5) is 10.6 Å². The summed E-state index contributed by atoms with van der Waals surface area (Å²) in [6, 6.07) is 22.6. The summed E-state index contributed by atoms with van der Waals surface area (Å²) in [4.78, 5) is 62.0. The zero-order chi connectivity index (χ0) is 50.0. The number of esters is 1. The van der Waals surface area contributed by atoms with Crippen molar-refractivity contribution < 1.29 is 52.3 Å². The Kier molecular flexibility index (Phi) is 23.9. The number of rotatable bonds is 31. The number of aryl methyl sites for hydroxylation is 1. The van der Waals surface area contributed by atoms with E-state index in [9.17, 15) is 19.2 Å². The van der Waals surface area contributed by atoms with E-state index in [4.69, 9.17) is 38.7 Å². The molecule has 0 unspecified atom stereocenters. The van der Waals surface area contributed by atoms with Crippen LogP contribution in [0.1, 0.15) is 83.8 Å². The van der Waals surface area contributed by atoms with Crippen molar-refractivity contribution >= 4 is 40.3 Å². The normalized spacial score (nSPS) is 12.6. The Morgan fingerprint density at radius 3 is 2.07 bits per heavy atom. The number of aromatic nitrogens is 1. The van der Waals surface area contributed by atoms with Crippen LogP contribution < -0.4 is 15.0 Å². The number of hydrogen-bond donors (Lipinski definition) is 1. The topological polar surface area (TPSA) is 210 Å². The van der Waals surface area contributed by atoms with Crippen molar-refractivity contribution in [1.82, 2.24) is 10.3 Å². The van der Waals surface area contributed by atoms with Gasteiger partial charge in [-0.25, -0.2) is 9.78 Å². The lowest BCUT2D eigenvalue weighted by Crippen LogP contribution is -2.45. The highest BCUT2D eigenvalue weighted by molar-refractivity contribution is 6.00. The molecule has 69 heavy (non-hydrogen) atoms. The maximum absolute atomic E-state index is 14.2. The van der Waals surface area contributed by atoms with Crippen LogP contribution in [0.15, 0.2) is 84.1 Å².